The van der Waals surface area contributed by atoms with Gasteiger partial charge in [-0.1, -0.05) is 29.3 Å². The number of hydrogen-bond donors (Lipinski definition) is 2. The summed E-state index contributed by atoms with van der Waals surface area (Å²) >= 11 is 11.5. The van der Waals surface area contributed by atoms with Gasteiger partial charge in [-0.2, -0.15) is 0 Å². The molecule has 1 amide bonds. The summed E-state index contributed by atoms with van der Waals surface area (Å²) in [6.45, 7) is 0.166. The second-order valence-corrected chi connectivity index (χ2v) is 3.48. The number of amides is 1. The predicted molar refractivity (Wildman–Crippen MR) is 56.3 cm³/mol. The maximum Gasteiger partial charge on any atom is 0.338 e. The largest absolute Gasteiger partial charge is 0.478 e. The Morgan fingerprint density at radius 3 is 2.67 bits per heavy atom. The summed E-state index contributed by atoms with van der Waals surface area (Å²) < 4.78 is 0. The quantitative estimate of drug-likeness (QED) is 0.800. The second kappa shape index (κ2) is 5.00. The summed E-state index contributed by atoms with van der Waals surface area (Å²) in [4.78, 5) is 20.9. The van der Waals surface area contributed by atoms with Gasteiger partial charge in [-0.25, -0.2) is 4.79 Å². The second-order valence-electron chi connectivity index (χ2n) is 2.70. The topological polar surface area (TPSA) is 66.4 Å². The fourth-order valence-electron chi connectivity index (χ4n) is 1.08. The average molecular weight is 248 g/mol. The summed E-state index contributed by atoms with van der Waals surface area (Å²) in [5, 5.41) is 11.3. The molecule has 0 bridgehead atoms. The minimum Gasteiger partial charge on any atom is -0.478 e. The SMILES string of the molecule is O=CNCc1ccc(Cl)c(C(=O)O)c1Cl. The van der Waals surface area contributed by atoms with Crippen LogP contribution in [0.25, 0.3) is 0 Å². The van der Waals surface area contributed by atoms with Crippen LogP contribution in [0, 0.1) is 0 Å². The zero-order chi connectivity index (χ0) is 11.4. The lowest BCUT2D eigenvalue weighted by Gasteiger charge is -2.07. The molecule has 15 heavy (non-hydrogen) atoms. The summed E-state index contributed by atoms with van der Waals surface area (Å²) in [7, 11) is 0. The Balaban J connectivity index is 3.16. The molecule has 0 unspecified atom stereocenters. The monoisotopic (exact) mass is 247 g/mol. The molecule has 0 heterocycles. The van der Waals surface area contributed by atoms with Gasteiger partial charge in [-0.05, 0) is 11.6 Å². The van der Waals surface area contributed by atoms with Gasteiger partial charge in [0.1, 0.15) is 0 Å². The van der Waals surface area contributed by atoms with Gasteiger partial charge in [0.25, 0.3) is 0 Å². The van der Waals surface area contributed by atoms with Gasteiger partial charge >= 0.3 is 5.97 Å². The molecule has 0 radical (unpaired) electrons. The summed E-state index contributed by atoms with van der Waals surface area (Å²) in [6, 6.07) is 2.99. The zero-order valence-electron chi connectivity index (χ0n) is 7.46. The van der Waals surface area contributed by atoms with Crippen LogP contribution in [0.3, 0.4) is 0 Å². The standard InChI is InChI=1S/C9H7Cl2NO3/c10-6-2-1-5(3-12-4-13)8(11)7(6)9(14)15/h1-2,4H,3H2,(H,12,13)(H,14,15). The van der Waals surface area contributed by atoms with E-state index in [-0.39, 0.29) is 22.2 Å². The Bertz CT molecular complexity index is 407. The van der Waals surface area contributed by atoms with Gasteiger partial charge in [-0.3, -0.25) is 4.79 Å². The lowest BCUT2D eigenvalue weighted by Crippen LogP contribution is -2.11. The predicted octanol–water partition coefficient (Wildman–Crippen LogP) is 1.94. The molecule has 1 rings (SSSR count). The highest BCUT2D eigenvalue weighted by Crippen LogP contribution is 2.28. The van der Waals surface area contributed by atoms with Crippen molar-refractivity contribution in [2.45, 2.75) is 6.54 Å². The highest BCUT2D eigenvalue weighted by Gasteiger charge is 2.16. The van der Waals surface area contributed by atoms with Gasteiger partial charge in [0.05, 0.1) is 15.6 Å². The Morgan fingerprint density at radius 1 is 1.47 bits per heavy atom. The number of carboxylic acids is 1. The molecule has 4 nitrogen and oxygen atoms in total. The Hall–Kier alpha value is -1.26. The fourth-order valence-corrected chi connectivity index (χ4v) is 1.68. The number of carbonyl (C=O) groups is 2. The van der Waals surface area contributed by atoms with E-state index in [0.717, 1.165) is 0 Å². The van der Waals surface area contributed by atoms with E-state index in [1.54, 1.807) is 6.07 Å². The van der Waals surface area contributed by atoms with E-state index in [1.165, 1.54) is 6.07 Å². The first-order chi connectivity index (χ1) is 7.07. The van der Waals surface area contributed by atoms with E-state index in [9.17, 15) is 9.59 Å². The molecule has 0 saturated carbocycles. The van der Waals surface area contributed by atoms with Crippen molar-refractivity contribution in [3.63, 3.8) is 0 Å². The molecular weight excluding hydrogens is 241 g/mol. The lowest BCUT2D eigenvalue weighted by molar-refractivity contribution is -0.109. The van der Waals surface area contributed by atoms with E-state index in [4.69, 9.17) is 28.3 Å². The minimum atomic E-state index is -1.20. The van der Waals surface area contributed by atoms with Crippen LogP contribution in [0.5, 0.6) is 0 Å². The van der Waals surface area contributed by atoms with Crippen molar-refractivity contribution in [2.24, 2.45) is 0 Å². The zero-order valence-corrected chi connectivity index (χ0v) is 8.97. The van der Waals surface area contributed by atoms with Crippen LogP contribution in [0.1, 0.15) is 15.9 Å². The third-order valence-corrected chi connectivity index (χ3v) is 2.51. The summed E-state index contributed by atoms with van der Waals surface area (Å²) in [5.41, 5.74) is 0.356. The van der Waals surface area contributed by atoms with E-state index in [1.807, 2.05) is 0 Å². The van der Waals surface area contributed by atoms with Gasteiger partial charge in [0, 0.05) is 6.54 Å². The highest BCUT2D eigenvalue weighted by molar-refractivity contribution is 6.39. The van der Waals surface area contributed by atoms with Crippen molar-refractivity contribution in [3.8, 4) is 0 Å². The number of carbonyl (C=O) groups excluding carboxylic acids is 1. The maximum atomic E-state index is 10.8. The maximum absolute atomic E-state index is 10.8. The third-order valence-electron chi connectivity index (χ3n) is 1.76. The van der Waals surface area contributed by atoms with E-state index >= 15 is 0 Å². The van der Waals surface area contributed by atoms with E-state index in [2.05, 4.69) is 5.32 Å². The van der Waals surface area contributed by atoms with Crippen LogP contribution in [0.2, 0.25) is 10.0 Å². The van der Waals surface area contributed by atoms with Gasteiger partial charge in [0.15, 0.2) is 0 Å². The molecule has 0 saturated heterocycles. The molecule has 0 aliphatic carbocycles. The van der Waals surface area contributed by atoms with Crippen LogP contribution in [-0.2, 0) is 11.3 Å². The summed E-state index contributed by atoms with van der Waals surface area (Å²) in [5.74, 6) is -1.20. The molecule has 0 aromatic heterocycles. The van der Waals surface area contributed by atoms with Crippen LogP contribution in [0.4, 0.5) is 0 Å². The normalized spacial score (nSPS) is 9.73. The molecular formula is C9H7Cl2NO3. The fraction of sp³-hybridized carbons (Fsp3) is 0.111. The first-order valence-corrected chi connectivity index (χ1v) is 4.70. The van der Waals surface area contributed by atoms with Gasteiger partial charge < -0.3 is 10.4 Å². The molecule has 2 N–H and O–H groups in total. The van der Waals surface area contributed by atoms with Crippen LogP contribution in [0.15, 0.2) is 12.1 Å². The summed E-state index contributed by atoms with van der Waals surface area (Å²) in [6.07, 6.45) is 0.505. The van der Waals surface area contributed by atoms with E-state index in [0.29, 0.717) is 12.0 Å². The van der Waals surface area contributed by atoms with Crippen molar-refractivity contribution in [1.82, 2.24) is 5.32 Å². The third kappa shape index (κ3) is 2.61. The number of nitrogens with one attached hydrogen (secondary N) is 1. The molecule has 0 atom stereocenters. The van der Waals surface area contributed by atoms with Gasteiger partial charge in [0.2, 0.25) is 6.41 Å². The number of rotatable bonds is 4. The van der Waals surface area contributed by atoms with Crippen LogP contribution < -0.4 is 5.32 Å². The lowest BCUT2D eigenvalue weighted by atomic mass is 10.1. The van der Waals surface area contributed by atoms with Crippen molar-refractivity contribution < 1.29 is 14.7 Å². The number of halogens is 2. The minimum absolute atomic E-state index is 0.0457. The van der Waals surface area contributed by atoms with Crippen molar-refractivity contribution >= 4 is 35.6 Å². The molecule has 0 fully saturated rings. The first-order valence-electron chi connectivity index (χ1n) is 3.95. The average Bonchev–Trinajstić information content (AvgIpc) is 2.16. The molecule has 0 aliphatic heterocycles. The van der Waals surface area contributed by atoms with Gasteiger partial charge in [-0.15, -0.1) is 0 Å². The molecule has 0 aliphatic rings. The Morgan fingerprint density at radius 2 is 2.13 bits per heavy atom. The van der Waals surface area contributed by atoms with Crippen LogP contribution in [-0.4, -0.2) is 17.5 Å². The molecule has 1 aromatic rings. The number of carboxylic acid groups (broad SMARTS) is 1. The molecule has 6 heteroatoms. The Labute approximate surface area is 95.8 Å². The van der Waals surface area contributed by atoms with Crippen LogP contribution >= 0.6 is 23.2 Å². The molecule has 80 valence electrons. The van der Waals surface area contributed by atoms with Crippen molar-refractivity contribution in [2.75, 3.05) is 0 Å². The van der Waals surface area contributed by atoms with Crippen molar-refractivity contribution in [1.29, 1.82) is 0 Å². The number of hydrogen-bond acceptors (Lipinski definition) is 2. The van der Waals surface area contributed by atoms with E-state index < -0.39 is 5.97 Å². The molecule has 1 aromatic carbocycles. The first kappa shape index (κ1) is 11.8. The Kier molecular flexibility index (Phi) is 3.94. The molecule has 0 spiro atoms. The number of aromatic carboxylic acids is 1. The van der Waals surface area contributed by atoms with Crippen molar-refractivity contribution in [3.05, 3.63) is 33.3 Å². The number of benzene rings is 1. The smallest absolute Gasteiger partial charge is 0.338 e. The highest BCUT2D eigenvalue weighted by atomic mass is 35.5.